The minimum Gasteiger partial charge on any atom is -0.497 e. The Balaban J connectivity index is 1.66. The number of likely N-dealkylation sites (tertiary alicyclic amines) is 1. The van der Waals surface area contributed by atoms with Gasteiger partial charge >= 0.3 is 0 Å². The first-order chi connectivity index (χ1) is 11.7. The molecule has 0 aromatic heterocycles. The van der Waals surface area contributed by atoms with Crippen LogP contribution in [0.4, 0.5) is 0 Å². The molecule has 2 rings (SSSR count). The number of benzene rings is 1. The van der Waals surface area contributed by atoms with Gasteiger partial charge in [-0.1, -0.05) is 25.5 Å². The summed E-state index contributed by atoms with van der Waals surface area (Å²) in [5, 5.41) is 2.97. The maximum atomic E-state index is 11.9. The van der Waals surface area contributed by atoms with Gasteiger partial charge in [-0.2, -0.15) is 0 Å². The zero-order valence-electron chi connectivity index (χ0n) is 15.0. The highest BCUT2D eigenvalue weighted by Crippen LogP contribution is 2.19. The summed E-state index contributed by atoms with van der Waals surface area (Å²) in [6.07, 6.45) is 9.67. The van der Waals surface area contributed by atoms with Gasteiger partial charge in [0.25, 0.3) is 0 Å². The molecule has 0 radical (unpaired) electrons. The standard InChI is InChI=1S/C20H30N2O2/c1-3-18-7-4-5-15-22(18)16-6-14-21-20(23)13-10-17-8-11-19(24-2)12-9-17/h8-13,18H,3-7,14-16H2,1-2H3,(H,21,23)/b13-10+. The van der Waals surface area contributed by atoms with Gasteiger partial charge in [0, 0.05) is 25.2 Å². The van der Waals surface area contributed by atoms with Gasteiger partial charge in [0.2, 0.25) is 5.91 Å². The molecule has 4 heteroatoms. The third kappa shape index (κ3) is 6.00. The van der Waals surface area contributed by atoms with Crippen LogP contribution in [0.5, 0.6) is 5.75 Å². The largest absolute Gasteiger partial charge is 0.497 e. The number of nitrogens with zero attached hydrogens (tertiary/aromatic N) is 1. The molecule has 1 heterocycles. The van der Waals surface area contributed by atoms with Gasteiger partial charge < -0.3 is 15.0 Å². The summed E-state index contributed by atoms with van der Waals surface area (Å²) in [5.74, 6) is 0.788. The summed E-state index contributed by atoms with van der Waals surface area (Å²) in [4.78, 5) is 14.5. The molecule has 1 atom stereocenters. The summed E-state index contributed by atoms with van der Waals surface area (Å²) in [7, 11) is 1.64. The number of hydrogen-bond donors (Lipinski definition) is 1. The summed E-state index contributed by atoms with van der Waals surface area (Å²) < 4.78 is 5.12. The number of piperidine rings is 1. The molecular formula is C20H30N2O2. The zero-order chi connectivity index (χ0) is 17.2. The highest BCUT2D eigenvalue weighted by molar-refractivity contribution is 5.91. The second-order valence-electron chi connectivity index (χ2n) is 6.34. The minimum absolute atomic E-state index is 0.0310. The molecule has 1 N–H and O–H groups in total. The fraction of sp³-hybridized carbons (Fsp3) is 0.550. The van der Waals surface area contributed by atoms with Crippen molar-refractivity contribution in [2.24, 2.45) is 0 Å². The van der Waals surface area contributed by atoms with Crippen LogP contribution < -0.4 is 10.1 Å². The second-order valence-corrected chi connectivity index (χ2v) is 6.34. The van der Waals surface area contributed by atoms with E-state index in [1.54, 1.807) is 13.2 Å². The van der Waals surface area contributed by atoms with Crippen LogP contribution in [0, 0.1) is 0 Å². The van der Waals surface area contributed by atoms with Crippen molar-refractivity contribution in [3.8, 4) is 5.75 Å². The van der Waals surface area contributed by atoms with Crippen molar-refractivity contribution in [3.63, 3.8) is 0 Å². The predicted octanol–water partition coefficient (Wildman–Crippen LogP) is 3.48. The third-order valence-corrected chi connectivity index (χ3v) is 4.68. The number of rotatable bonds is 8. The number of amides is 1. The molecule has 0 bridgehead atoms. The van der Waals surface area contributed by atoms with E-state index in [1.807, 2.05) is 30.3 Å². The van der Waals surface area contributed by atoms with Crippen LogP contribution in [-0.4, -0.2) is 43.6 Å². The number of hydrogen-bond acceptors (Lipinski definition) is 3. The molecule has 1 saturated heterocycles. The average molecular weight is 330 g/mol. The van der Waals surface area contributed by atoms with E-state index in [9.17, 15) is 4.79 Å². The van der Waals surface area contributed by atoms with E-state index >= 15 is 0 Å². The van der Waals surface area contributed by atoms with Gasteiger partial charge in [-0.15, -0.1) is 0 Å². The maximum Gasteiger partial charge on any atom is 0.243 e. The van der Waals surface area contributed by atoms with E-state index in [1.165, 1.54) is 32.2 Å². The Kier molecular flexibility index (Phi) is 7.83. The molecule has 24 heavy (non-hydrogen) atoms. The Morgan fingerprint density at radius 2 is 2.12 bits per heavy atom. The van der Waals surface area contributed by atoms with Gasteiger partial charge in [-0.3, -0.25) is 4.79 Å². The SMILES string of the molecule is CCC1CCCCN1CCCNC(=O)/C=C/c1ccc(OC)cc1. The molecule has 0 saturated carbocycles. The fourth-order valence-corrected chi connectivity index (χ4v) is 3.26. The van der Waals surface area contributed by atoms with Crippen molar-refractivity contribution in [1.82, 2.24) is 10.2 Å². The Morgan fingerprint density at radius 3 is 2.83 bits per heavy atom. The van der Waals surface area contributed by atoms with E-state index in [2.05, 4.69) is 17.1 Å². The van der Waals surface area contributed by atoms with Crippen molar-refractivity contribution in [3.05, 3.63) is 35.9 Å². The molecule has 4 nitrogen and oxygen atoms in total. The number of nitrogens with one attached hydrogen (secondary N) is 1. The smallest absolute Gasteiger partial charge is 0.243 e. The van der Waals surface area contributed by atoms with Gasteiger partial charge in [0.1, 0.15) is 5.75 Å². The first-order valence-electron chi connectivity index (χ1n) is 9.07. The maximum absolute atomic E-state index is 11.9. The minimum atomic E-state index is -0.0310. The Labute approximate surface area is 145 Å². The Hall–Kier alpha value is -1.81. The van der Waals surface area contributed by atoms with Crippen LogP contribution in [0.1, 0.15) is 44.6 Å². The second kappa shape index (κ2) is 10.1. The lowest BCUT2D eigenvalue weighted by molar-refractivity contribution is -0.116. The molecule has 0 spiro atoms. The lowest BCUT2D eigenvalue weighted by Gasteiger charge is -2.35. The molecule has 1 aliphatic heterocycles. The summed E-state index contributed by atoms with van der Waals surface area (Å²) in [6.45, 7) is 5.30. The Morgan fingerprint density at radius 1 is 1.33 bits per heavy atom. The van der Waals surface area contributed by atoms with Crippen LogP contribution in [0.15, 0.2) is 30.3 Å². The topological polar surface area (TPSA) is 41.6 Å². The first kappa shape index (κ1) is 18.5. The molecule has 1 fully saturated rings. The Bertz CT molecular complexity index is 525. The van der Waals surface area contributed by atoms with Gasteiger partial charge in [0.05, 0.1) is 7.11 Å². The van der Waals surface area contributed by atoms with Crippen LogP contribution in [0.25, 0.3) is 6.08 Å². The van der Waals surface area contributed by atoms with Crippen molar-refractivity contribution in [2.45, 2.75) is 45.1 Å². The first-order valence-corrected chi connectivity index (χ1v) is 9.07. The fourth-order valence-electron chi connectivity index (χ4n) is 3.26. The van der Waals surface area contributed by atoms with Gasteiger partial charge in [-0.05, 0) is 56.0 Å². The highest BCUT2D eigenvalue weighted by atomic mass is 16.5. The lowest BCUT2D eigenvalue weighted by atomic mass is 10.00. The van der Waals surface area contributed by atoms with E-state index in [0.717, 1.165) is 36.9 Å². The van der Waals surface area contributed by atoms with Crippen molar-refractivity contribution < 1.29 is 9.53 Å². The van der Waals surface area contributed by atoms with Crippen molar-refractivity contribution in [1.29, 1.82) is 0 Å². The third-order valence-electron chi connectivity index (χ3n) is 4.68. The zero-order valence-corrected chi connectivity index (χ0v) is 15.0. The number of carbonyl (C=O) groups excluding carboxylic acids is 1. The van der Waals surface area contributed by atoms with Crippen molar-refractivity contribution >= 4 is 12.0 Å². The van der Waals surface area contributed by atoms with Gasteiger partial charge in [-0.25, -0.2) is 0 Å². The summed E-state index contributed by atoms with van der Waals surface area (Å²) >= 11 is 0. The van der Waals surface area contributed by atoms with Crippen LogP contribution in [0.3, 0.4) is 0 Å². The lowest BCUT2D eigenvalue weighted by Crippen LogP contribution is -2.40. The van der Waals surface area contributed by atoms with Crippen LogP contribution in [-0.2, 0) is 4.79 Å². The summed E-state index contributed by atoms with van der Waals surface area (Å²) in [5.41, 5.74) is 0.991. The predicted molar refractivity (Wildman–Crippen MR) is 99.2 cm³/mol. The van der Waals surface area contributed by atoms with Gasteiger partial charge in [0.15, 0.2) is 0 Å². The summed E-state index contributed by atoms with van der Waals surface area (Å²) in [6, 6.07) is 8.39. The van der Waals surface area contributed by atoms with E-state index < -0.39 is 0 Å². The monoisotopic (exact) mass is 330 g/mol. The number of methoxy groups -OCH3 is 1. The molecule has 1 amide bonds. The van der Waals surface area contributed by atoms with E-state index in [-0.39, 0.29) is 5.91 Å². The molecule has 1 aliphatic rings. The van der Waals surface area contributed by atoms with Crippen LogP contribution in [0.2, 0.25) is 0 Å². The molecule has 1 aromatic carbocycles. The highest BCUT2D eigenvalue weighted by Gasteiger charge is 2.19. The number of carbonyl (C=O) groups is 1. The molecule has 1 aromatic rings. The normalized spacial score (nSPS) is 18.7. The van der Waals surface area contributed by atoms with E-state index in [4.69, 9.17) is 4.74 Å². The van der Waals surface area contributed by atoms with Crippen LogP contribution >= 0.6 is 0 Å². The molecular weight excluding hydrogens is 300 g/mol. The molecule has 132 valence electrons. The number of ether oxygens (including phenoxy) is 1. The van der Waals surface area contributed by atoms with E-state index in [0.29, 0.717) is 0 Å². The average Bonchev–Trinajstić information content (AvgIpc) is 2.64. The molecule has 0 aliphatic carbocycles. The van der Waals surface area contributed by atoms with Crippen molar-refractivity contribution in [2.75, 3.05) is 26.7 Å². The molecule has 1 unspecified atom stereocenters. The quantitative estimate of drug-likeness (QED) is 0.586.